The van der Waals surface area contributed by atoms with Crippen molar-refractivity contribution in [2.75, 3.05) is 13.2 Å². The molecule has 0 amide bonds. The van der Waals surface area contributed by atoms with E-state index < -0.39 is 48.6 Å². The van der Waals surface area contributed by atoms with Crippen LogP contribution in [0, 0.1) is 18.8 Å². The number of rotatable bonds is 8. The molecule has 1 aliphatic carbocycles. The van der Waals surface area contributed by atoms with Crippen molar-refractivity contribution >= 4 is 0 Å². The highest BCUT2D eigenvalue weighted by molar-refractivity contribution is 5.15. The van der Waals surface area contributed by atoms with Gasteiger partial charge in [-0.15, -0.1) is 0 Å². The number of ether oxygens (including phenoxy) is 2. The summed E-state index contributed by atoms with van der Waals surface area (Å²) in [5.41, 5.74) is 4.47. The first-order valence-electron chi connectivity index (χ1n) is 10.4. The Bertz CT molecular complexity index is 746. The van der Waals surface area contributed by atoms with Crippen LogP contribution >= 0.6 is 0 Å². The molecule has 0 aromatic carbocycles. The zero-order chi connectivity index (χ0) is 22.5. The summed E-state index contributed by atoms with van der Waals surface area (Å²) in [6.45, 7) is 3.21. The minimum absolute atomic E-state index is 0.167. The largest absolute Gasteiger partial charge is 0.508 e. The Morgan fingerprint density at radius 1 is 1.19 bits per heavy atom. The van der Waals surface area contributed by atoms with Gasteiger partial charge in [0.25, 0.3) is 0 Å². The SMILES string of the molecule is Cc1cncc(CON[C@@H]2OC(CO)[C@@H](O[C@@H]3CC(CO)[C@H](O)C(O)[C@@H]3C)C=C2O)c1. The van der Waals surface area contributed by atoms with Gasteiger partial charge in [-0.2, -0.15) is 5.48 Å². The Labute approximate surface area is 181 Å². The van der Waals surface area contributed by atoms with Gasteiger partial charge < -0.3 is 35.0 Å². The van der Waals surface area contributed by atoms with Gasteiger partial charge in [-0.05, 0) is 30.5 Å². The highest BCUT2D eigenvalue weighted by Gasteiger charge is 2.43. The Morgan fingerprint density at radius 3 is 2.65 bits per heavy atom. The van der Waals surface area contributed by atoms with Crippen molar-refractivity contribution in [3.05, 3.63) is 41.4 Å². The molecule has 3 rings (SSSR count). The number of aliphatic hydroxyl groups excluding tert-OH is 5. The molecule has 1 aromatic heterocycles. The second-order valence-corrected chi connectivity index (χ2v) is 8.26. The number of aliphatic hydroxyl groups is 5. The van der Waals surface area contributed by atoms with Crippen LogP contribution in [-0.4, -0.2) is 80.5 Å². The van der Waals surface area contributed by atoms with Crippen LogP contribution in [0.2, 0.25) is 0 Å². The molecule has 1 saturated carbocycles. The van der Waals surface area contributed by atoms with Crippen molar-refractivity contribution in [2.24, 2.45) is 11.8 Å². The molecule has 0 bridgehead atoms. The average molecular weight is 440 g/mol. The number of nitrogens with zero attached hydrogens (tertiary/aromatic N) is 1. The van der Waals surface area contributed by atoms with E-state index in [1.807, 2.05) is 13.0 Å². The lowest BCUT2D eigenvalue weighted by atomic mass is 9.76. The molecule has 2 heterocycles. The molecule has 1 aromatic rings. The second-order valence-electron chi connectivity index (χ2n) is 8.26. The third-order valence-electron chi connectivity index (χ3n) is 5.88. The fourth-order valence-corrected chi connectivity index (χ4v) is 3.97. The average Bonchev–Trinajstić information content (AvgIpc) is 2.75. The predicted octanol–water partition coefficient (Wildman–Crippen LogP) is -0.306. The first-order valence-corrected chi connectivity index (χ1v) is 10.4. The van der Waals surface area contributed by atoms with Gasteiger partial charge in [0.05, 0.1) is 31.5 Å². The molecule has 10 nitrogen and oxygen atoms in total. The second kappa shape index (κ2) is 10.8. The van der Waals surface area contributed by atoms with Crippen molar-refractivity contribution in [2.45, 2.75) is 63.6 Å². The van der Waals surface area contributed by atoms with E-state index in [1.54, 1.807) is 19.3 Å². The Morgan fingerprint density at radius 2 is 1.97 bits per heavy atom. The minimum atomic E-state index is -1.05. The zero-order valence-electron chi connectivity index (χ0n) is 17.7. The normalized spacial score (nSPS) is 36.3. The van der Waals surface area contributed by atoms with Crippen LogP contribution in [0.15, 0.2) is 30.3 Å². The third kappa shape index (κ3) is 5.79. The lowest BCUT2D eigenvalue weighted by Gasteiger charge is -2.43. The number of hydrogen-bond acceptors (Lipinski definition) is 10. The maximum atomic E-state index is 10.4. The van der Waals surface area contributed by atoms with Gasteiger partial charge in [-0.1, -0.05) is 13.0 Å². The third-order valence-corrected chi connectivity index (χ3v) is 5.88. The summed E-state index contributed by atoms with van der Waals surface area (Å²) in [6, 6.07) is 1.92. The van der Waals surface area contributed by atoms with Crippen LogP contribution in [0.3, 0.4) is 0 Å². The molecular formula is C21H32N2O8. The zero-order valence-corrected chi connectivity index (χ0v) is 17.7. The minimum Gasteiger partial charge on any atom is -0.508 e. The van der Waals surface area contributed by atoms with Crippen LogP contribution < -0.4 is 5.48 Å². The number of hydroxylamine groups is 1. The lowest BCUT2D eigenvalue weighted by molar-refractivity contribution is -0.200. The molecular weight excluding hydrogens is 408 g/mol. The van der Waals surface area contributed by atoms with E-state index in [-0.39, 0.29) is 25.6 Å². The molecule has 6 N–H and O–H groups in total. The molecule has 0 radical (unpaired) electrons. The van der Waals surface area contributed by atoms with Gasteiger partial charge >= 0.3 is 0 Å². The van der Waals surface area contributed by atoms with Crippen molar-refractivity contribution in [3.8, 4) is 0 Å². The van der Waals surface area contributed by atoms with Gasteiger partial charge in [-0.25, -0.2) is 0 Å². The molecule has 0 saturated heterocycles. The van der Waals surface area contributed by atoms with Gasteiger partial charge in [0.15, 0.2) is 6.23 Å². The topological polar surface area (TPSA) is 154 Å². The van der Waals surface area contributed by atoms with Crippen LogP contribution in [-0.2, 0) is 20.9 Å². The molecule has 8 atom stereocenters. The van der Waals surface area contributed by atoms with Crippen LogP contribution in [0.4, 0.5) is 0 Å². The monoisotopic (exact) mass is 440 g/mol. The van der Waals surface area contributed by atoms with E-state index in [1.165, 1.54) is 6.08 Å². The fourth-order valence-electron chi connectivity index (χ4n) is 3.97. The highest BCUT2D eigenvalue weighted by Crippen LogP contribution is 2.34. The van der Waals surface area contributed by atoms with Crippen LogP contribution in [0.1, 0.15) is 24.5 Å². The predicted molar refractivity (Wildman–Crippen MR) is 108 cm³/mol. The van der Waals surface area contributed by atoms with Crippen molar-refractivity contribution in [1.82, 2.24) is 10.5 Å². The van der Waals surface area contributed by atoms with Crippen molar-refractivity contribution < 1.29 is 39.8 Å². The lowest BCUT2D eigenvalue weighted by Crippen LogP contribution is -2.54. The molecule has 1 aliphatic heterocycles. The summed E-state index contributed by atoms with van der Waals surface area (Å²) in [5, 5.41) is 49.9. The van der Waals surface area contributed by atoms with Gasteiger partial charge in [0.2, 0.25) is 0 Å². The summed E-state index contributed by atoms with van der Waals surface area (Å²) in [6.07, 6.45) is 0.0124. The molecule has 10 heteroatoms. The number of pyridine rings is 1. The standard InChI is InChI=1S/C21H32N2O8/c1-11-3-13(7-22-6-11)10-29-23-21-15(26)5-17(18(9-25)31-21)30-16-4-14(8-24)20(28)19(27)12(16)2/h3,5-7,12,14,16-21,23-28H,4,8-10H2,1-2H3/t12-,14?,16-,17+,18?,19?,20+,21-/m1/s1. The van der Waals surface area contributed by atoms with E-state index in [4.69, 9.17) is 14.3 Å². The molecule has 1 fully saturated rings. The van der Waals surface area contributed by atoms with E-state index in [2.05, 4.69) is 10.5 Å². The smallest absolute Gasteiger partial charge is 0.187 e. The first kappa shape index (κ1) is 24.0. The number of hydrogen-bond donors (Lipinski definition) is 6. The molecule has 31 heavy (non-hydrogen) atoms. The Hall–Kier alpha value is -1.63. The summed E-state index contributed by atoms with van der Waals surface area (Å²) >= 11 is 0. The van der Waals surface area contributed by atoms with Crippen LogP contribution in [0.5, 0.6) is 0 Å². The quantitative estimate of drug-likeness (QED) is 0.297. The van der Waals surface area contributed by atoms with E-state index in [0.717, 1.165) is 11.1 Å². The molecule has 174 valence electrons. The van der Waals surface area contributed by atoms with E-state index in [9.17, 15) is 25.5 Å². The van der Waals surface area contributed by atoms with Gasteiger partial charge in [-0.3, -0.25) is 9.82 Å². The van der Waals surface area contributed by atoms with E-state index in [0.29, 0.717) is 6.42 Å². The summed E-state index contributed by atoms with van der Waals surface area (Å²) < 4.78 is 11.7. The van der Waals surface area contributed by atoms with Gasteiger partial charge in [0, 0.05) is 30.8 Å². The maximum Gasteiger partial charge on any atom is 0.187 e. The maximum absolute atomic E-state index is 10.4. The Balaban J connectivity index is 1.60. The first-order chi connectivity index (χ1) is 14.8. The van der Waals surface area contributed by atoms with Crippen molar-refractivity contribution in [1.29, 1.82) is 0 Å². The van der Waals surface area contributed by atoms with Crippen LogP contribution in [0.25, 0.3) is 0 Å². The molecule has 0 spiro atoms. The summed E-state index contributed by atoms with van der Waals surface area (Å²) in [4.78, 5) is 9.49. The summed E-state index contributed by atoms with van der Waals surface area (Å²) in [7, 11) is 0. The molecule has 2 aliphatic rings. The Kier molecular flexibility index (Phi) is 8.36. The number of nitrogens with one attached hydrogen (secondary N) is 1. The highest BCUT2D eigenvalue weighted by atomic mass is 16.7. The number of aromatic nitrogens is 1. The summed E-state index contributed by atoms with van der Waals surface area (Å²) in [5.74, 6) is -1.10. The number of aryl methyl sites for hydroxylation is 1. The molecule has 3 unspecified atom stereocenters. The van der Waals surface area contributed by atoms with Crippen molar-refractivity contribution in [3.63, 3.8) is 0 Å². The van der Waals surface area contributed by atoms with E-state index >= 15 is 0 Å². The fraction of sp³-hybridized carbons (Fsp3) is 0.667. The van der Waals surface area contributed by atoms with Gasteiger partial charge in [0.1, 0.15) is 18.0 Å².